The van der Waals surface area contributed by atoms with Crippen LogP contribution in [0.1, 0.15) is 48.0 Å². The van der Waals surface area contributed by atoms with Crippen molar-refractivity contribution < 1.29 is 9.59 Å². The first-order valence-electron chi connectivity index (χ1n) is 9.12. The van der Waals surface area contributed by atoms with Crippen molar-refractivity contribution in [2.45, 2.75) is 56.7 Å². The van der Waals surface area contributed by atoms with Gasteiger partial charge < -0.3 is 16.0 Å². The third kappa shape index (κ3) is 4.28. The fourth-order valence-corrected chi connectivity index (χ4v) is 4.11. The Balaban J connectivity index is 1.59. The molecule has 5 heteroatoms. The van der Waals surface area contributed by atoms with Gasteiger partial charge in [0.2, 0.25) is 11.8 Å². The first-order chi connectivity index (χ1) is 12.1. The van der Waals surface area contributed by atoms with Crippen molar-refractivity contribution in [3.05, 3.63) is 48.0 Å². The normalized spacial score (nSPS) is 24.7. The molecule has 0 spiro atoms. The Morgan fingerprint density at radius 2 is 1.84 bits per heavy atom. The number of carbonyl (C=O) groups is 2. The van der Waals surface area contributed by atoms with Crippen LogP contribution in [0.15, 0.2) is 36.9 Å². The number of piperidine rings is 1. The van der Waals surface area contributed by atoms with Crippen LogP contribution in [0.4, 0.5) is 0 Å². The lowest BCUT2D eigenvalue weighted by molar-refractivity contribution is -0.133. The molecule has 2 fully saturated rings. The lowest BCUT2D eigenvalue weighted by Gasteiger charge is -2.37. The van der Waals surface area contributed by atoms with Gasteiger partial charge >= 0.3 is 0 Å². The van der Waals surface area contributed by atoms with Gasteiger partial charge in [0.25, 0.3) is 0 Å². The van der Waals surface area contributed by atoms with E-state index in [1.165, 1.54) is 12.8 Å². The standard InChI is InChI=1S/C20H27N3O2/c1-2-11-23(18-12-16-8-9-17(13-18)22-16)19(24)10-5-14-3-6-15(7-4-14)20(21)25/h2-4,6-7,16-18,22H,1,5,8-13H2,(H2,21,25)/t16-,17+,18?. The number of benzene rings is 1. The van der Waals surface area contributed by atoms with Crippen molar-refractivity contribution in [2.75, 3.05) is 6.54 Å². The van der Waals surface area contributed by atoms with E-state index in [1.807, 2.05) is 23.1 Å². The second-order valence-corrected chi connectivity index (χ2v) is 7.16. The molecular formula is C20H27N3O2. The van der Waals surface area contributed by atoms with Gasteiger partial charge in [-0.3, -0.25) is 9.59 Å². The number of primary amides is 1. The maximum absolute atomic E-state index is 12.8. The molecular weight excluding hydrogens is 314 g/mol. The molecule has 25 heavy (non-hydrogen) atoms. The maximum atomic E-state index is 12.8. The Kier molecular flexibility index (Phi) is 5.53. The van der Waals surface area contributed by atoms with Crippen molar-refractivity contribution in [1.29, 1.82) is 0 Å². The van der Waals surface area contributed by atoms with Gasteiger partial charge in [-0.2, -0.15) is 0 Å². The van der Waals surface area contributed by atoms with Gasteiger partial charge in [0.15, 0.2) is 0 Å². The average Bonchev–Trinajstić information content (AvgIpc) is 2.95. The van der Waals surface area contributed by atoms with Gasteiger partial charge in [-0.1, -0.05) is 18.2 Å². The summed E-state index contributed by atoms with van der Waals surface area (Å²) in [6.07, 6.45) is 7.51. The number of amides is 2. The molecule has 3 atom stereocenters. The van der Waals surface area contributed by atoms with E-state index in [-0.39, 0.29) is 5.91 Å². The summed E-state index contributed by atoms with van der Waals surface area (Å²) in [7, 11) is 0. The summed E-state index contributed by atoms with van der Waals surface area (Å²) >= 11 is 0. The molecule has 2 heterocycles. The molecule has 1 unspecified atom stereocenters. The van der Waals surface area contributed by atoms with E-state index >= 15 is 0 Å². The van der Waals surface area contributed by atoms with Crippen LogP contribution in [0.25, 0.3) is 0 Å². The number of nitrogens with zero attached hydrogens (tertiary/aromatic N) is 1. The molecule has 0 radical (unpaired) electrons. The molecule has 2 bridgehead atoms. The average molecular weight is 341 g/mol. The summed E-state index contributed by atoms with van der Waals surface area (Å²) < 4.78 is 0. The van der Waals surface area contributed by atoms with Crippen LogP contribution in [0, 0.1) is 0 Å². The Morgan fingerprint density at radius 3 is 2.40 bits per heavy atom. The number of carbonyl (C=O) groups excluding carboxylic acids is 2. The fourth-order valence-electron chi connectivity index (χ4n) is 4.11. The van der Waals surface area contributed by atoms with E-state index < -0.39 is 5.91 Å². The van der Waals surface area contributed by atoms with Gasteiger partial charge in [-0.25, -0.2) is 0 Å². The number of fused-ring (bicyclic) bond motifs is 2. The largest absolute Gasteiger partial charge is 0.366 e. The summed E-state index contributed by atoms with van der Waals surface area (Å²) in [6, 6.07) is 8.62. The van der Waals surface area contributed by atoms with Gasteiger partial charge in [0, 0.05) is 36.7 Å². The van der Waals surface area contributed by atoms with Gasteiger partial charge in [-0.15, -0.1) is 6.58 Å². The van der Waals surface area contributed by atoms with E-state index in [9.17, 15) is 9.59 Å². The highest BCUT2D eigenvalue weighted by Crippen LogP contribution is 2.30. The molecule has 5 nitrogen and oxygen atoms in total. The molecule has 1 aromatic rings. The zero-order valence-electron chi connectivity index (χ0n) is 14.6. The quantitative estimate of drug-likeness (QED) is 0.745. The summed E-state index contributed by atoms with van der Waals surface area (Å²) in [5.41, 5.74) is 6.79. The van der Waals surface area contributed by atoms with Crippen LogP contribution in [-0.2, 0) is 11.2 Å². The molecule has 134 valence electrons. The number of hydrogen-bond acceptors (Lipinski definition) is 3. The molecule has 1 aromatic carbocycles. The lowest BCUT2D eigenvalue weighted by Crippen LogP contribution is -2.50. The van der Waals surface area contributed by atoms with Gasteiger partial charge in [0.1, 0.15) is 0 Å². The number of nitrogens with one attached hydrogen (secondary N) is 1. The Bertz CT molecular complexity index is 629. The highest BCUT2D eigenvalue weighted by atomic mass is 16.2. The second kappa shape index (κ2) is 7.83. The van der Waals surface area contributed by atoms with E-state index in [4.69, 9.17) is 5.73 Å². The second-order valence-electron chi connectivity index (χ2n) is 7.16. The third-order valence-corrected chi connectivity index (χ3v) is 5.40. The number of nitrogens with two attached hydrogens (primary N) is 1. The molecule has 2 saturated heterocycles. The van der Waals surface area contributed by atoms with Crippen LogP contribution in [0.5, 0.6) is 0 Å². The fraction of sp³-hybridized carbons (Fsp3) is 0.500. The van der Waals surface area contributed by atoms with Crippen LogP contribution < -0.4 is 11.1 Å². The van der Waals surface area contributed by atoms with Crippen molar-refractivity contribution >= 4 is 11.8 Å². The van der Waals surface area contributed by atoms with Crippen molar-refractivity contribution in [3.8, 4) is 0 Å². The summed E-state index contributed by atoms with van der Waals surface area (Å²) in [4.78, 5) is 25.9. The molecule has 0 aromatic heterocycles. The predicted molar refractivity (Wildman–Crippen MR) is 98.2 cm³/mol. The highest BCUT2D eigenvalue weighted by Gasteiger charge is 2.37. The monoisotopic (exact) mass is 341 g/mol. The molecule has 3 N–H and O–H groups in total. The Labute approximate surface area is 149 Å². The minimum atomic E-state index is -0.430. The van der Waals surface area contributed by atoms with Crippen LogP contribution in [-0.4, -0.2) is 41.4 Å². The van der Waals surface area contributed by atoms with E-state index in [0.717, 1.165) is 18.4 Å². The zero-order valence-corrected chi connectivity index (χ0v) is 14.6. The summed E-state index contributed by atoms with van der Waals surface area (Å²) in [5, 5.41) is 3.63. The molecule has 2 aliphatic heterocycles. The zero-order chi connectivity index (χ0) is 17.8. The van der Waals surface area contributed by atoms with Gasteiger partial charge in [0.05, 0.1) is 0 Å². The number of rotatable bonds is 7. The van der Waals surface area contributed by atoms with E-state index in [2.05, 4.69) is 11.9 Å². The SMILES string of the molecule is C=CCN(C(=O)CCc1ccc(C(N)=O)cc1)C1C[C@H]2CC[C@@H](C1)N2. The van der Waals surface area contributed by atoms with Crippen molar-refractivity contribution in [1.82, 2.24) is 10.2 Å². The Morgan fingerprint density at radius 1 is 1.20 bits per heavy atom. The minimum absolute atomic E-state index is 0.185. The lowest BCUT2D eigenvalue weighted by atomic mass is 9.97. The van der Waals surface area contributed by atoms with Crippen molar-refractivity contribution in [3.63, 3.8) is 0 Å². The molecule has 3 rings (SSSR count). The van der Waals surface area contributed by atoms with E-state index in [0.29, 0.717) is 43.1 Å². The van der Waals surface area contributed by atoms with Crippen LogP contribution >= 0.6 is 0 Å². The third-order valence-electron chi connectivity index (χ3n) is 5.40. The van der Waals surface area contributed by atoms with E-state index in [1.54, 1.807) is 12.1 Å². The maximum Gasteiger partial charge on any atom is 0.248 e. The van der Waals surface area contributed by atoms with Gasteiger partial charge in [-0.05, 0) is 49.8 Å². The summed E-state index contributed by atoms with van der Waals surface area (Å²) in [5.74, 6) is -0.245. The Hall–Kier alpha value is -2.14. The summed E-state index contributed by atoms with van der Waals surface area (Å²) in [6.45, 7) is 4.44. The van der Waals surface area contributed by atoms with Crippen LogP contribution in [0.2, 0.25) is 0 Å². The molecule has 0 aliphatic carbocycles. The smallest absolute Gasteiger partial charge is 0.248 e. The van der Waals surface area contributed by atoms with Crippen molar-refractivity contribution in [2.24, 2.45) is 5.73 Å². The topological polar surface area (TPSA) is 75.4 Å². The minimum Gasteiger partial charge on any atom is -0.366 e. The number of aryl methyl sites for hydroxylation is 1. The highest BCUT2D eigenvalue weighted by molar-refractivity contribution is 5.92. The predicted octanol–water partition coefficient (Wildman–Crippen LogP) is 2.02. The van der Waals surface area contributed by atoms with Crippen LogP contribution in [0.3, 0.4) is 0 Å². The number of hydrogen-bond donors (Lipinski definition) is 2. The molecule has 0 saturated carbocycles. The first kappa shape index (κ1) is 17.7. The first-order valence-corrected chi connectivity index (χ1v) is 9.12. The molecule has 2 aliphatic rings. The molecule has 2 amide bonds.